The molecule has 0 heterocycles. The van der Waals surface area contributed by atoms with E-state index >= 15 is 0 Å². The number of ether oxygens (including phenoxy) is 1. The van der Waals surface area contributed by atoms with E-state index in [0.717, 1.165) is 25.9 Å². The van der Waals surface area contributed by atoms with Crippen molar-refractivity contribution in [2.45, 2.75) is 97.8 Å². The first-order chi connectivity index (χ1) is 11.6. The first-order valence-electron chi connectivity index (χ1n) is 10.0. The average Bonchev–Trinajstić information content (AvgIpc) is 2.56. The highest BCUT2D eigenvalue weighted by molar-refractivity contribution is 5.80. The summed E-state index contributed by atoms with van der Waals surface area (Å²) in [6.45, 7) is 7.26. The SMILES string of the molecule is CCCCCCCCN(CCCCCCCC)C(=O)COC(C)=O. The molecule has 1 amide bonds. The molecule has 0 rings (SSSR count). The minimum absolute atomic E-state index is 0.0488. The molecule has 0 aliphatic carbocycles. The number of amides is 1. The third kappa shape index (κ3) is 14.5. The predicted molar refractivity (Wildman–Crippen MR) is 100.0 cm³/mol. The molecular weight excluding hydrogens is 302 g/mol. The number of nitrogens with zero attached hydrogens (tertiary/aromatic N) is 1. The van der Waals surface area contributed by atoms with Gasteiger partial charge in [-0.05, 0) is 12.8 Å². The lowest BCUT2D eigenvalue weighted by molar-refractivity contribution is -0.150. The van der Waals surface area contributed by atoms with Crippen LogP contribution in [0.2, 0.25) is 0 Å². The second-order valence-corrected chi connectivity index (χ2v) is 6.70. The van der Waals surface area contributed by atoms with Crippen molar-refractivity contribution in [2.75, 3.05) is 19.7 Å². The van der Waals surface area contributed by atoms with Crippen molar-refractivity contribution in [3.05, 3.63) is 0 Å². The van der Waals surface area contributed by atoms with Crippen LogP contribution >= 0.6 is 0 Å². The summed E-state index contributed by atoms with van der Waals surface area (Å²) in [5, 5.41) is 0. The van der Waals surface area contributed by atoms with E-state index in [2.05, 4.69) is 13.8 Å². The van der Waals surface area contributed by atoms with E-state index in [1.165, 1.54) is 71.1 Å². The van der Waals surface area contributed by atoms with Gasteiger partial charge >= 0.3 is 5.97 Å². The highest BCUT2D eigenvalue weighted by Crippen LogP contribution is 2.09. The summed E-state index contributed by atoms with van der Waals surface area (Å²) >= 11 is 0. The molecule has 0 saturated carbocycles. The molecule has 0 aromatic carbocycles. The standard InChI is InChI=1S/C20H39NO3/c1-4-6-8-10-12-14-16-21(20(23)18-24-19(3)22)17-15-13-11-9-7-5-2/h4-18H2,1-3H3. The second-order valence-electron chi connectivity index (χ2n) is 6.70. The Hall–Kier alpha value is -1.06. The number of hydrogen-bond donors (Lipinski definition) is 0. The van der Waals surface area contributed by atoms with Gasteiger partial charge in [0.25, 0.3) is 5.91 Å². The molecule has 0 spiro atoms. The molecule has 0 radical (unpaired) electrons. The fraction of sp³-hybridized carbons (Fsp3) is 0.900. The molecule has 0 aliphatic heterocycles. The number of esters is 1. The van der Waals surface area contributed by atoms with Gasteiger partial charge in [0.1, 0.15) is 0 Å². The lowest BCUT2D eigenvalue weighted by Gasteiger charge is -2.22. The van der Waals surface area contributed by atoms with Gasteiger partial charge in [-0.2, -0.15) is 0 Å². The van der Waals surface area contributed by atoms with Gasteiger partial charge in [-0.15, -0.1) is 0 Å². The Morgan fingerprint density at radius 3 is 1.54 bits per heavy atom. The molecule has 4 nitrogen and oxygen atoms in total. The maximum Gasteiger partial charge on any atom is 0.303 e. The van der Waals surface area contributed by atoms with Crippen molar-refractivity contribution >= 4 is 11.9 Å². The van der Waals surface area contributed by atoms with Crippen molar-refractivity contribution < 1.29 is 14.3 Å². The smallest absolute Gasteiger partial charge is 0.303 e. The van der Waals surface area contributed by atoms with Crippen LogP contribution in [0.4, 0.5) is 0 Å². The molecular formula is C20H39NO3. The molecule has 0 N–H and O–H groups in total. The summed E-state index contributed by atoms with van der Waals surface area (Å²) in [7, 11) is 0. The Morgan fingerprint density at radius 2 is 1.12 bits per heavy atom. The summed E-state index contributed by atoms with van der Waals surface area (Å²) in [6, 6.07) is 0. The highest BCUT2D eigenvalue weighted by atomic mass is 16.5. The summed E-state index contributed by atoms with van der Waals surface area (Å²) < 4.78 is 4.87. The van der Waals surface area contributed by atoms with Crippen LogP contribution in [0.25, 0.3) is 0 Å². The summed E-state index contributed by atoms with van der Waals surface area (Å²) in [6.07, 6.45) is 14.6. The van der Waals surface area contributed by atoms with Gasteiger partial charge in [-0.3, -0.25) is 9.59 Å². The predicted octanol–water partition coefficient (Wildman–Crippen LogP) is 5.10. The van der Waals surface area contributed by atoms with Crippen LogP contribution in [-0.2, 0) is 14.3 Å². The van der Waals surface area contributed by atoms with Gasteiger partial charge in [0.15, 0.2) is 6.61 Å². The molecule has 0 aliphatic rings. The topological polar surface area (TPSA) is 46.6 Å². The van der Waals surface area contributed by atoms with E-state index in [1.54, 1.807) is 0 Å². The second kappa shape index (κ2) is 16.8. The van der Waals surface area contributed by atoms with Crippen molar-refractivity contribution in [1.82, 2.24) is 4.90 Å². The minimum atomic E-state index is -0.387. The lowest BCUT2D eigenvalue weighted by Crippen LogP contribution is -2.36. The minimum Gasteiger partial charge on any atom is -0.456 e. The van der Waals surface area contributed by atoms with Crippen molar-refractivity contribution in [2.24, 2.45) is 0 Å². The normalized spacial score (nSPS) is 10.6. The molecule has 0 unspecified atom stereocenters. The molecule has 0 bridgehead atoms. The summed E-state index contributed by atoms with van der Waals surface area (Å²) in [4.78, 5) is 25.0. The number of hydrogen-bond acceptors (Lipinski definition) is 3. The Bertz CT molecular complexity index is 302. The summed E-state index contributed by atoms with van der Waals surface area (Å²) in [5.74, 6) is -0.435. The van der Waals surface area contributed by atoms with Crippen LogP contribution in [0.1, 0.15) is 97.8 Å². The van der Waals surface area contributed by atoms with Crippen molar-refractivity contribution in [3.63, 3.8) is 0 Å². The third-order valence-corrected chi connectivity index (χ3v) is 4.31. The molecule has 4 heteroatoms. The van der Waals surface area contributed by atoms with Gasteiger partial charge in [0.05, 0.1) is 0 Å². The number of carbonyl (C=O) groups is 2. The van der Waals surface area contributed by atoms with E-state index in [0.29, 0.717) is 0 Å². The van der Waals surface area contributed by atoms with Crippen LogP contribution in [0.3, 0.4) is 0 Å². The zero-order valence-corrected chi connectivity index (χ0v) is 16.3. The summed E-state index contributed by atoms with van der Waals surface area (Å²) in [5.41, 5.74) is 0. The Kier molecular flexibility index (Phi) is 16.0. The Labute approximate surface area is 149 Å². The quantitative estimate of drug-likeness (QED) is 0.290. The van der Waals surface area contributed by atoms with Crippen LogP contribution in [0.15, 0.2) is 0 Å². The molecule has 0 atom stereocenters. The first-order valence-corrected chi connectivity index (χ1v) is 10.0. The van der Waals surface area contributed by atoms with E-state index < -0.39 is 0 Å². The zero-order chi connectivity index (χ0) is 18.0. The molecule has 0 aromatic heterocycles. The largest absolute Gasteiger partial charge is 0.456 e. The Morgan fingerprint density at radius 1 is 0.708 bits per heavy atom. The van der Waals surface area contributed by atoms with Crippen LogP contribution in [0.5, 0.6) is 0 Å². The zero-order valence-electron chi connectivity index (χ0n) is 16.3. The van der Waals surface area contributed by atoms with Gasteiger partial charge < -0.3 is 9.64 Å². The van der Waals surface area contributed by atoms with Gasteiger partial charge in [-0.25, -0.2) is 0 Å². The van der Waals surface area contributed by atoms with Crippen molar-refractivity contribution in [3.8, 4) is 0 Å². The van der Waals surface area contributed by atoms with E-state index in [4.69, 9.17) is 4.74 Å². The molecule has 0 aromatic rings. The highest BCUT2D eigenvalue weighted by Gasteiger charge is 2.14. The molecule has 142 valence electrons. The fourth-order valence-electron chi connectivity index (χ4n) is 2.78. The number of carbonyl (C=O) groups excluding carboxylic acids is 2. The lowest BCUT2D eigenvalue weighted by atomic mass is 10.1. The maximum absolute atomic E-state index is 12.2. The molecule has 0 fully saturated rings. The maximum atomic E-state index is 12.2. The molecule has 0 saturated heterocycles. The monoisotopic (exact) mass is 341 g/mol. The average molecular weight is 342 g/mol. The van der Waals surface area contributed by atoms with E-state index in [1.807, 2.05) is 4.90 Å². The van der Waals surface area contributed by atoms with Gasteiger partial charge in [-0.1, -0.05) is 78.1 Å². The van der Waals surface area contributed by atoms with Crippen LogP contribution in [-0.4, -0.2) is 36.5 Å². The molecule has 24 heavy (non-hydrogen) atoms. The number of rotatable bonds is 16. The van der Waals surface area contributed by atoms with Crippen molar-refractivity contribution in [1.29, 1.82) is 0 Å². The third-order valence-electron chi connectivity index (χ3n) is 4.31. The van der Waals surface area contributed by atoms with Crippen LogP contribution in [0, 0.1) is 0 Å². The number of unbranched alkanes of at least 4 members (excludes halogenated alkanes) is 10. The Balaban J connectivity index is 4.03. The van der Waals surface area contributed by atoms with E-state index in [-0.39, 0.29) is 18.5 Å². The van der Waals surface area contributed by atoms with Crippen LogP contribution < -0.4 is 0 Å². The first kappa shape index (κ1) is 22.9. The fourth-order valence-corrected chi connectivity index (χ4v) is 2.78. The van der Waals surface area contributed by atoms with Gasteiger partial charge in [0, 0.05) is 20.0 Å². The van der Waals surface area contributed by atoms with E-state index in [9.17, 15) is 9.59 Å². The van der Waals surface area contributed by atoms with Gasteiger partial charge in [0.2, 0.25) is 0 Å².